The van der Waals surface area contributed by atoms with Crippen LogP contribution in [0.4, 0.5) is 10.1 Å². The number of nitrogens with zero attached hydrogens (tertiary/aromatic N) is 2. The third-order valence-corrected chi connectivity index (χ3v) is 5.30. The fraction of sp³-hybridized carbons (Fsp3) is 0.571. The molecule has 1 aromatic rings. The predicted octanol–water partition coefficient (Wildman–Crippen LogP) is 0.316. The molecule has 11 heteroatoms. The molecule has 0 radical (unpaired) electrons. The molecule has 0 spiro atoms. The third kappa shape index (κ3) is 5.08. The van der Waals surface area contributed by atoms with E-state index in [1.54, 1.807) is 0 Å². The van der Waals surface area contributed by atoms with Crippen LogP contribution in [0.3, 0.4) is 0 Å². The van der Waals surface area contributed by atoms with Gasteiger partial charge >= 0.3 is 5.69 Å². The molecule has 2 N–H and O–H groups in total. The van der Waals surface area contributed by atoms with E-state index in [0.29, 0.717) is 12.5 Å². The number of nitro benzene ring substituents is 1. The standard InChI is InChI=1S/C14H21FN4O5S/c1-24-14-12(15)9-11(10-13(14)19(20)21)25(22,23)17-3-2-6-18-7-4-16-5-8-18/h9-10,16-17H,2-8H2,1H3. The van der Waals surface area contributed by atoms with Gasteiger partial charge in [-0.2, -0.15) is 0 Å². The SMILES string of the molecule is COc1c(F)cc(S(=O)(=O)NCCCN2CCNCC2)cc1[N+](=O)[O-]. The van der Waals surface area contributed by atoms with Crippen molar-refractivity contribution in [2.45, 2.75) is 11.3 Å². The van der Waals surface area contributed by atoms with Gasteiger partial charge in [0, 0.05) is 38.8 Å². The number of halogens is 1. The number of ether oxygens (including phenoxy) is 1. The Balaban J connectivity index is 2.02. The van der Waals surface area contributed by atoms with Crippen LogP contribution in [0.15, 0.2) is 17.0 Å². The van der Waals surface area contributed by atoms with Crippen LogP contribution in [0.1, 0.15) is 6.42 Å². The molecule has 9 nitrogen and oxygen atoms in total. The van der Waals surface area contributed by atoms with Gasteiger partial charge in [-0.05, 0) is 19.0 Å². The number of methoxy groups -OCH3 is 1. The van der Waals surface area contributed by atoms with E-state index in [1.807, 2.05) is 0 Å². The normalized spacial score (nSPS) is 15.9. The predicted molar refractivity (Wildman–Crippen MR) is 88.7 cm³/mol. The molecule has 0 amide bonds. The summed E-state index contributed by atoms with van der Waals surface area (Å²) >= 11 is 0. The minimum Gasteiger partial charge on any atom is -0.488 e. The molecule has 0 saturated carbocycles. The van der Waals surface area contributed by atoms with Crippen molar-refractivity contribution in [3.05, 3.63) is 28.1 Å². The number of nitro groups is 1. The lowest BCUT2D eigenvalue weighted by atomic mass is 10.3. The Hall–Kier alpha value is -1.82. The maximum Gasteiger partial charge on any atom is 0.315 e. The van der Waals surface area contributed by atoms with Crippen LogP contribution < -0.4 is 14.8 Å². The van der Waals surface area contributed by atoms with Gasteiger partial charge in [0.25, 0.3) is 0 Å². The Morgan fingerprint density at radius 2 is 2.08 bits per heavy atom. The molecule has 1 fully saturated rings. The van der Waals surface area contributed by atoms with Gasteiger partial charge in [0.1, 0.15) is 0 Å². The van der Waals surface area contributed by atoms with Gasteiger partial charge in [-0.25, -0.2) is 17.5 Å². The highest BCUT2D eigenvalue weighted by atomic mass is 32.2. The summed E-state index contributed by atoms with van der Waals surface area (Å²) in [5, 5.41) is 14.2. The van der Waals surface area contributed by atoms with Crippen molar-refractivity contribution >= 4 is 15.7 Å². The average Bonchev–Trinajstić information content (AvgIpc) is 2.58. The lowest BCUT2D eigenvalue weighted by Crippen LogP contribution is -2.44. The molecule has 25 heavy (non-hydrogen) atoms. The minimum atomic E-state index is -4.05. The van der Waals surface area contributed by atoms with E-state index in [9.17, 15) is 22.9 Å². The Labute approximate surface area is 145 Å². The zero-order valence-corrected chi connectivity index (χ0v) is 14.6. The molecule has 0 aliphatic carbocycles. The number of sulfonamides is 1. The second-order valence-corrected chi connectivity index (χ2v) is 7.32. The van der Waals surface area contributed by atoms with Crippen LogP contribution in [0.25, 0.3) is 0 Å². The van der Waals surface area contributed by atoms with Crippen LogP contribution in [-0.2, 0) is 10.0 Å². The molecule has 0 unspecified atom stereocenters. The van der Waals surface area contributed by atoms with Gasteiger partial charge in [0.15, 0.2) is 5.82 Å². The van der Waals surface area contributed by atoms with Gasteiger partial charge in [-0.3, -0.25) is 10.1 Å². The van der Waals surface area contributed by atoms with Gasteiger partial charge < -0.3 is 15.0 Å². The average molecular weight is 376 g/mol. The molecule has 1 aliphatic heterocycles. The minimum absolute atomic E-state index is 0.160. The van der Waals surface area contributed by atoms with E-state index in [2.05, 4.69) is 19.7 Å². The number of piperazine rings is 1. The van der Waals surface area contributed by atoms with E-state index < -0.39 is 37.1 Å². The van der Waals surface area contributed by atoms with Crippen molar-refractivity contribution in [3.8, 4) is 5.75 Å². The van der Waals surface area contributed by atoms with Gasteiger partial charge in [-0.1, -0.05) is 0 Å². The van der Waals surface area contributed by atoms with Gasteiger partial charge in [0.05, 0.1) is 16.9 Å². The highest BCUT2D eigenvalue weighted by molar-refractivity contribution is 7.89. The molecule has 1 heterocycles. The monoisotopic (exact) mass is 376 g/mol. The molecular weight excluding hydrogens is 355 g/mol. The fourth-order valence-corrected chi connectivity index (χ4v) is 3.68. The van der Waals surface area contributed by atoms with Crippen LogP contribution in [0.5, 0.6) is 5.75 Å². The molecule has 0 atom stereocenters. The van der Waals surface area contributed by atoms with Gasteiger partial charge in [0.2, 0.25) is 15.8 Å². The van der Waals surface area contributed by atoms with Crippen molar-refractivity contribution in [2.24, 2.45) is 0 Å². The van der Waals surface area contributed by atoms with Crippen LogP contribution >= 0.6 is 0 Å². The van der Waals surface area contributed by atoms with Crippen LogP contribution in [-0.4, -0.2) is 64.6 Å². The summed E-state index contributed by atoms with van der Waals surface area (Å²) in [4.78, 5) is 11.8. The highest BCUT2D eigenvalue weighted by Gasteiger charge is 2.26. The third-order valence-electron chi connectivity index (χ3n) is 3.86. The summed E-state index contributed by atoms with van der Waals surface area (Å²) in [6.07, 6.45) is 0.583. The highest BCUT2D eigenvalue weighted by Crippen LogP contribution is 2.32. The van der Waals surface area contributed by atoms with Crippen LogP contribution in [0, 0.1) is 15.9 Å². The zero-order chi connectivity index (χ0) is 18.4. The molecule has 140 valence electrons. The number of hydrogen-bond acceptors (Lipinski definition) is 7. The maximum absolute atomic E-state index is 13.9. The summed E-state index contributed by atoms with van der Waals surface area (Å²) < 4.78 is 45.4. The first-order valence-electron chi connectivity index (χ1n) is 7.80. The Bertz CT molecular complexity index is 722. The van der Waals surface area contributed by atoms with E-state index >= 15 is 0 Å². The van der Waals surface area contributed by atoms with E-state index in [1.165, 1.54) is 0 Å². The summed E-state index contributed by atoms with van der Waals surface area (Å²) in [5.41, 5.74) is -0.733. The van der Waals surface area contributed by atoms with E-state index in [-0.39, 0.29) is 6.54 Å². The summed E-state index contributed by atoms with van der Waals surface area (Å²) in [7, 11) is -2.97. The number of rotatable bonds is 8. The number of nitrogens with one attached hydrogen (secondary N) is 2. The Morgan fingerprint density at radius 1 is 1.40 bits per heavy atom. The molecule has 0 bridgehead atoms. The number of hydrogen-bond donors (Lipinski definition) is 2. The smallest absolute Gasteiger partial charge is 0.315 e. The first kappa shape index (κ1) is 19.5. The lowest BCUT2D eigenvalue weighted by molar-refractivity contribution is -0.386. The summed E-state index contributed by atoms with van der Waals surface area (Å²) in [5.74, 6) is -1.69. The summed E-state index contributed by atoms with van der Waals surface area (Å²) in [6, 6.07) is 1.50. The van der Waals surface area contributed by atoms with Crippen molar-refractivity contribution in [1.29, 1.82) is 0 Å². The first-order chi connectivity index (χ1) is 11.8. The quantitative estimate of drug-likeness (QED) is 0.381. The fourth-order valence-electron chi connectivity index (χ4n) is 2.57. The molecule has 0 aromatic heterocycles. The van der Waals surface area contributed by atoms with Crippen molar-refractivity contribution < 1.29 is 22.5 Å². The second-order valence-electron chi connectivity index (χ2n) is 5.56. The topological polar surface area (TPSA) is 114 Å². The summed E-state index contributed by atoms with van der Waals surface area (Å²) in [6.45, 7) is 4.52. The van der Waals surface area contributed by atoms with E-state index in [0.717, 1.165) is 45.9 Å². The first-order valence-corrected chi connectivity index (χ1v) is 9.28. The molecular formula is C14H21FN4O5S. The van der Waals surface area contributed by atoms with E-state index in [4.69, 9.17) is 0 Å². The van der Waals surface area contributed by atoms with Crippen molar-refractivity contribution in [1.82, 2.24) is 14.9 Å². The Kier molecular flexibility index (Phi) is 6.64. The maximum atomic E-state index is 13.9. The number of benzene rings is 1. The Morgan fingerprint density at radius 3 is 2.68 bits per heavy atom. The second kappa shape index (κ2) is 8.52. The van der Waals surface area contributed by atoms with Gasteiger partial charge in [-0.15, -0.1) is 0 Å². The molecule has 1 saturated heterocycles. The largest absolute Gasteiger partial charge is 0.488 e. The lowest BCUT2D eigenvalue weighted by Gasteiger charge is -2.27. The molecule has 1 aliphatic rings. The molecule has 1 aromatic carbocycles. The van der Waals surface area contributed by atoms with Crippen molar-refractivity contribution in [2.75, 3.05) is 46.4 Å². The zero-order valence-electron chi connectivity index (χ0n) is 13.8. The van der Waals surface area contributed by atoms with Crippen molar-refractivity contribution in [3.63, 3.8) is 0 Å². The van der Waals surface area contributed by atoms with Crippen LogP contribution in [0.2, 0.25) is 0 Å². The molecule has 2 rings (SSSR count).